The van der Waals surface area contributed by atoms with Gasteiger partial charge in [0.2, 0.25) is 5.91 Å². The average Bonchev–Trinajstić information content (AvgIpc) is 3.02. The molecule has 0 saturated carbocycles. The summed E-state index contributed by atoms with van der Waals surface area (Å²) >= 11 is 4.11. The molecule has 1 N–H and O–H groups in total. The van der Waals surface area contributed by atoms with Crippen LogP contribution in [0.15, 0.2) is 58.4 Å². The number of hydrogen-bond acceptors (Lipinski definition) is 6. The van der Waals surface area contributed by atoms with Crippen LogP contribution in [0.2, 0.25) is 0 Å². The summed E-state index contributed by atoms with van der Waals surface area (Å²) < 4.78 is 11.7. The topological polar surface area (TPSA) is 84.9 Å². The van der Waals surface area contributed by atoms with Gasteiger partial charge in [0.1, 0.15) is 6.54 Å². The highest BCUT2D eigenvalue weighted by molar-refractivity contribution is 9.10. The first-order valence-electron chi connectivity index (χ1n) is 9.52. The van der Waals surface area contributed by atoms with Crippen molar-refractivity contribution in [1.82, 2.24) is 4.90 Å². The van der Waals surface area contributed by atoms with Gasteiger partial charge >= 0.3 is 0 Å². The Labute approximate surface area is 198 Å². The maximum absolute atomic E-state index is 12.8. The fourth-order valence-corrected chi connectivity index (χ4v) is 4.22. The van der Waals surface area contributed by atoms with Crippen molar-refractivity contribution in [3.63, 3.8) is 0 Å². The van der Waals surface area contributed by atoms with Crippen molar-refractivity contribution in [3.8, 4) is 11.5 Å². The van der Waals surface area contributed by atoms with Gasteiger partial charge in [-0.05, 0) is 66.2 Å². The summed E-state index contributed by atoms with van der Waals surface area (Å²) in [4.78, 5) is 38.7. The van der Waals surface area contributed by atoms with Crippen LogP contribution in [0.5, 0.6) is 11.5 Å². The molecule has 0 aliphatic carbocycles. The number of halogens is 1. The summed E-state index contributed by atoms with van der Waals surface area (Å²) in [6.45, 7) is 3.38. The van der Waals surface area contributed by atoms with Gasteiger partial charge in [-0.15, -0.1) is 6.58 Å². The molecule has 166 valence electrons. The number of thioether (sulfide) groups is 1. The van der Waals surface area contributed by atoms with E-state index in [0.717, 1.165) is 26.7 Å². The molecule has 7 nitrogen and oxygen atoms in total. The summed E-state index contributed by atoms with van der Waals surface area (Å²) in [5.41, 5.74) is 2.08. The van der Waals surface area contributed by atoms with E-state index in [0.29, 0.717) is 29.2 Å². The smallest absolute Gasteiger partial charge is 0.294 e. The molecule has 1 saturated heterocycles. The lowest BCUT2D eigenvalue weighted by molar-refractivity contribution is -0.127. The quantitative estimate of drug-likeness (QED) is 0.398. The Kier molecular flexibility index (Phi) is 7.76. The van der Waals surface area contributed by atoms with Crippen LogP contribution in [0.1, 0.15) is 11.1 Å². The van der Waals surface area contributed by atoms with E-state index in [1.807, 2.05) is 6.07 Å². The van der Waals surface area contributed by atoms with Crippen LogP contribution in [0.25, 0.3) is 6.08 Å². The van der Waals surface area contributed by atoms with E-state index < -0.39 is 17.1 Å². The first kappa shape index (κ1) is 23.6. The lowest BCUT2D eigenvalue weighted by atomic mass is 10.0. The molecule has 3 amide bonds. The Morgan fingerprint density at radius 3 is 2.53 bits per heavy atom. The summed E-state index contributed by atoms with van der Waals surface area (Å²) in [5.74, 6) is 0.106. The largest absolute Gasteiger partial charge is 0.493 e. The van der Waals surface area contributed by atoms with Crippen LogP contribution in [-0.4, -0.2) is 42.7 Å². The van der Waals surface area contributed by atoms with Gasteiger partial charge in [0.15, 0.2) is 11.5 Å². The van der Waals surface area contributed by atoms with Crippen molar-refractivity contribution in [2.45, 2.75) is 6.42 Å². The zero-order valence-corrected chi connectivity index (χ0v) is 19.9. The van der Waals surface area contributed by atoms with Crippen LogP contribution in [0.3, 0.4) is 0 Å². The van der Waals surface area contributed by atoms with E-state index in [1.165, 1.54) is 7.11 Å². The van der Waals surface area contributed by atoms with E-state index in [1.54, 1.807) is 49.6 Å². The summed E-state index contributed by atoms with van der Waals surface area (Å²) in [6.07, 6.45) is 3.88. The summed E-state index contributed by atoms with van der Waals surface area (Å²) in [5, 5.41) is 2.18. The number of hydrogen-bond donors (Lipinski definition) is 1. The molecule has 2 aromatic carbocycles. The van der Waals surface area contributed by atoms with Gasteiger partial charge < -0.3 is 14.8 Å². The summed E-state index contributed by atoms with van der Waals surface area (Å²) in [7, 11) is 3.08. The second kappa shape index (κ2) is 10.5. The highest BCUT2D eigenvalue weighted by atomic mass is 79.9. The molecule has 1 aliphatic rings. The van der Waals surface area contributed by atoms with Crippen molar-refractivity contribution >= 4 is 56.5 Å². The molecule has 9 heteroatoms. The van der Waals surface area contributed by atoms with Gasteiger partial charge in [-0.3, -0.25) is 19.3 Å². The van der Waals surface area contributed by atoms with E-state index in [9.17, 15) is 14.4 Å². The van der Waals surface area contributed by atoms with Gasteiger partial charge in [0.25, 0.3) is 11.1 Å². The molecule has 0 unspecified atom stereocenters. The Morgan fingerprint density at radius 2 is 1.91 bits per heavy atom. The average molecular weight is 517 g/mol. The molecule has 1 heterocycles. The molecule has 0 atom stereocenters. The third-order valence-corrected chi connectivity index (χ3v) is 5.98. The number of carbonyl (C=O) groups is 3. The van der Waals surface area contributed by atoms with Gasteiger partial charge in [-0.2, -0.15) is 0 Å². The molecule has 0 bridgehead atoms. The third kappa shape index (κ3) is 5.41. The minimum absolute atomic E-state index is 0.225. The lowest BCUT2D eigenvalue weighted by Crippen LogP contribution is -2.36. The first-order chi connectivity index (χ1) is 15.4. The molecule has 0 radical (unpaired) electrons. The van der Waals surface area contributed by atoms with Crippen molar-refractivity contribution < 1.29 is 23.9 Å². The Morgan fingerprint density at radius 1 is 1.19 bits per heavy atom. The molecule has 0 spiro atoms. The highest BCUT2D eigenvalue weighted by Gasteiger charge is 2.36. The van der Waals surface area contributed by atoms with Gasteiger partial charge in [-0.25, -0.2) is 0 Å². The zero-order valence-electron chi connectivity index (χ0n) is 17.5. The Bertz CT molecular complexity index is 1100. The fraction of sp³-hybridized carbons (Fsp3) is 0.174. The number of nitrogens with zero attached hydrogens (tertiary/aromatic N) is 1. The number of rotatable bonds is 8. The zero-order chi connectivity index (χ0) is 23.3. The maximum atomic E-state index is 12.8. The number of nitrogens with one attached hydrogen (secondary N) is 1. The molecule has 1 fully saturated rings. The second-order valence-electron chi connectivity index (χ2n) is 6.73. The number of carbonyl (C=O) groups excluding carboxylic acids is 3. The molecule has 32 heavy (non-hydrogen) atoms. The minimum atomic E-state index is -0.522. The SMILES string of the molecule is C=CCc1cc(/C=C2\SC(=O)N(CC(=O)Nc3ccc(Br)cc3)C2=O)cc(OC)c1OC. The van der Waals surface area contributed by atoms with Crippen LogP contribution in [0.4, 0.5) is 10.5 Å². The van der Waals surface area contributed by atoms with Crippen LogP contribution in [-0.2, 0) is 16.0 Å². The predicted molar refractivity (Wildman–Crippen MR) is 129 cm³/mol. The highest BCUT2D eigenvalue weighted by Crippen LogP contribution is 2.36. The van der Waals surface area contributed by atoms with Crippen molar-refractivity contribution in [1.29, 1.82) is 0 Å². The van der Waals surface area contributed by atoms with E-state index in [4.69, 9.17) is 9.47 Å². The number of imide groups is 1. The van der Waals surface area contributed by atoms with Crippen molar-refractivity contribution in [2.24, 2.45) is 0 Å². The van der Waals surface area contributed by atoms with E-state index >= 15 is 0 Å². The van der Waals surface area contributed by atoms with E-state index in [-0.39, 0.29) is 11.4 Å². The number of methoxy groups -OCH3 is 2. The Balaban J connectivity index is 1.79. The molecule has 1 aliphatic heterocycles. The first-order valence-corrected chi connectivity index (χ1v) is 11.1. The number of anilines is 1. The number of allylic oxidation sites excluding steroid dienone is 1. The van der Waals surface area contributed by atoms with Gasteiger partial charge in [0, 0.05) is 15.7 Å². The number of benzene rings is 2. The maximum Gasteiger partial charge on any atom is 0.294 e. The standard InChI is InChI=1S/C23H21BrN2O5S/c1-4-5-15-10-14(11-18(30-2)21(15)31-3)12-19-22(28)26(23(29)32-19)13-20(27)25-17-8-6-16(24)7-9-17/h4,6-12H,1,5,13H2,2-3H3,(H,25,27)/b19-12-. The second-order valence-corrected chi connectivity index (χ2v) is 8.64. The van der Waals surface area contributed by atoms with Crippen LogP contribution in [0, 0.1) is 0 Å². The number of amides is 3. The fourth-order valence-electron chi connectivity index (χ4n) is 3.12. The number of ether oxygens (including phenoxy) is 2. The van der Waals surface area contributed by atoms with Crippen LogP contribution < -0.4 is 14.8 Å². The molecular formula is C23H21BrN2O5S. The van der Waals surface area contributed by atoms with Crippen LogP contribution >= 0.6 is 27.7 Å². The Hall–Kier alpha value is -3.04. The molecular weight excluding hydrogens is 496 g/mol. The molecule has 2 aromatic rings. The molecule has 0 aromatic heterocycles. The lowest BCUT2D eigenvalue weighted by Gasteiger charge is -2.13. The summed E-state index contributed by atoms with van der Waals surface area (Å²) in [6, 6.07) is 10.6. The normalized spacial score (nSPS) is 14.6. The minimum Gasteiger partial charge on any atom is -0.493 e. The van der Waals surface area contributed by atoms with Crippen molar-refractivity contribution in [2.75, 3.05) is 26.1 Å². The predicted octanol–water partition coefficient (Wildman–Crippen LogP) is 4.87. The third-order valence-electron chi connectivity index (χ3n) is 4.54. The van der Waals surface area contributed by atoms with E-state index in [2.05, 4.69) is 27.8 Å². The van der Waals surface area contributed by atoms with Gasteiger partial charge in [-0.1, -0.05) is 22.0 Å². The van der Waals surface area contributed by atoms with Gasteiger partial charge in [0.05, 0.1) is 19.1 Å². The monoisotopic (exact) mass is 516 g/mol. The van der Waals surface area contributed by atoms with Crippen molar-refractivity contribution in [3.05, 3.63) is 69.6 Å². The molecule has 3 rings (SSSR count).